The number of unbranched alkanes of at least 4 members (excludes halogenated alkanes) is 10. The van der Waals surface area contributed by atoms with Crippen molar-refractivity contribution in [2.75, 3.05) is 0 Å². The Morgan fingerprint density at radius 3 is 1.40 bits per heavy atom. The van der Waals surface area contributed by atoms with Crippen LogP contribution in [0.15, 0.2) is 290 Å². The predicted octanol–water partition coefficient (Wildman–Crippen LogP) is 28.0. The molecule has 18 rings (SSSR count). The van der Waals surface area contributed by atoms with Gasteiger partial charge in [-0.3, -0.25) is 0 Å². The lowest BCUT2D eigenvalue weighted by Crippen LogP contribution is -2.25. The quantitative estimate of drug-likeness (QED) is 0.0599. The van der Waals surface area contributed by atoms with Crippen molar-refractivity contribution < 1.29 is 4.42 Å². The third kappa shape index (κ3) is 12.2. The van der Waals surface area contributed by atoms with Gasteiger partial charge < -0.3 is 13.6 Å². The van der Waals surface area contributed by atoms with Gasteiger partial charge in [0.15, 0.2) is 17.5 Å². The molecule has 0 N–H and O–H groups in total. The van der Waals surface area contributed by atoms with Crippen LogP contribution in [0.4, 0.5) is 0 Å². The van der Waals surface area contributed by atoms with E-state index in [1.165, 1.54) is 155 Å². The number of aryl methyl sites for hydroxylation is 2. The summed E-state index contributed by atoms with van der Waals surface area (Å²) in [7, 11) is 0. The average molecular weight is 1370 g/mol. The van der Waals surface area contributed by atoms with E-state index in [1.807, 2.05) is 36.4 Å². The third-order valence-corrected chi connectivity index (χ3v) is 22.9. The maximum absolute atomic E-state index is 7.05. The van der Waals surface area contributed by atoms with Crippen molar-refractivity contribution in [2.24, 2.45) is 0 Å². The summed E-state index contributed by atoms with van der Waals surface area (Å²) in [6.07, 6.45) is 17.6. The minimum Gasteiger partial charge on any atom is -0.455 e. The van der Waals surface area contributed by atoms with Gasteiger partial charge in [-0.15, -0.1) is 0 Å². The maximum Gasteiger partial charge on any atom is 0.164 e. The summed E-state index contributed by atoms with van der Waals surface area (Å²) in [6, 6.07) is 105. The largest absolute Gasteiger partial charge is 0.455 e. The molecule has 1 aliphatic rings. The smallest absolute Gasteiger partial charge is 0.164 e. The molecule has 13 aromatic carbocycles. The molecule has 518 valence electrons. The first-order valence-electron chi connectivity index (χ1n) is 38.7. The molecule has 0 unspecified atom stereocenters. The Morgan fingerprint density at radius 1 is 0.292 bits per heavy atom. The van der Waals surface area contributed by atoms with Gasteiger partial charge in [-0.1, -0.05) is 297 Å². The fraction of sp³-hybridized carbons (Fsp3) is 0.190. The lowest BCUT2D eigenvalue weighted by Gasteiger charge is -2.33. The molecule has 6 heteroatoms. The summed E-state index contributed by atoms with van der Waals surface area (Å²) in [5.41, 5.74) is 29.3. The highest BCUT2D eigenvalue weighted by Crippen LogP contribution is 2.56. The summed E-state index contributed by atoms with van der Waals surface area (Å²) >= 11 is 0. The minimum absolute atomic E-state index is 0.115. The number of para-hydroxylation sites is 2. The molecule has 0 amide bonds. The van der Waals surface area contributed by atoms with Gasteiger partial charge in [0.05, 0.1) is 27.5 Å². The Morgan fingerprint density at radius 2 is 0.755 bits per heavy atom. The molecule has 0 bridgehead atoms. The summed E-state index contributed by atoms with van der Waals surface area (Å²) in [4.78, 5) is 15.3. The lowest BCUT2D eigenvalue weighted by molar-refractivity contribution is 0.398. The zero-order chi connectivity index (χ0) is 71.2. The topological polar surface area (TPSA) is 61.7 Å². The van der Waals surface area contributed by atoms with Gasteiger partial charge in [0, 0.05) is 60.4 Å². The van der Waals surface area contributed by atoms with Crippen LogP contribution in [0.25, 0.3) is 167 Å². The highest BCUT2D eigenvalue weighted by Gasteiger charge is 2.43. The molecule has 0 radical (unpaired) electrons. The normalized spacial score (nSPS) is 12.6. The van der Waals surface area contributed by atoms with Gasteiger partial charge in [-0.25, -0.2) is 15.0 Å². The number of hydrogen-bond acceptors (Lipinski definition) is 4. The second kappa shape index (κ2) is 28.4. The van der Waals surface area contributed by atoms with E-state index in [0.717, 1.165) is 107 Å². The molecule has 1 aliphatic carbocycles. The van der Waals surface area contributed by atoms with E-state index in [1.54, 1.807) is 0 Å². The monoisotopic (exact) mass is 1370 g/mol. The first kappa shape index (κ1) is 66.2. The molecule has 0 saturated heterocycles. The van der Waals surface area contributed by atoms with Gasteiger partial charge in [-0.2, -0.15) is 0 Å². The van der Waals surface area contributed by atoms with Gasteiger partial charge in [0.2, 0.25) is 0 Å². The van der Waals surface area contributed by atoms with Crippen molar-refractivity contribution >= 4 is 65.6 Å². The van der Waals surface area contributed by atoms with E-state index in [4.69, 9.17) is 19.4 Å². The zero-order valence-electron chi connectivity index (χ0n) is 61.2. The number of hydrogen-bond donors (Lipinski definition) is 0. The molecule has 0 atom stereocenters. The van der Waals surface area contributed by atoms with Gasteiger partial charge in [-0.05, 0) is 184 Å². The van der Waals surface area contributed by atoms with E-state index in [2.05, 4.69) is 286 Å². The molecular weight excluding hydrogens is 1290 g/mol. The summed E-state index contributed by atoms with van der Waals surface area (Å²) in [6.45, 7) is 9.10. The number of nitrogens with zero attached hydrogens (tertiary/aromatic N) is 5. The SMILES string of the molecule is CCCCCCCCC1(CCCCCCCC)c2cc(-c3ccc(-c4ccc(C)cc4)cc3)ccc2-c2ccc(-c3cc(C)cc(-n4c5ccc(-c6ccc7c(c6)c6ccccc6n7-c6cccc(-c7nc(-c8ccccc8)nc(-c8ccccc8)n7)c6)cc5c5c6oc7ccccc7c6ccc54)c3)cc21. The summed E-state index contributed by atoms with van der Waals surface area (Å²) in [5.74, 6) is 1.89. The molecule has 106 heavy (non-hydrogen) atoms. The number of rotatable bonds is 23. The zero-order valence-corrected chi connectivity index (χ0v) is 61.2. The molecule has 0 aliphatic heterocycles. The van der Waals surface area contributed by atoms with E-state index in [9.17, 15) is 0 Å². The van der Waals surface area contributed by atoms with E-state index >= 15 is 0 Å². The Labute approximate surface area is 621 Å². The highest BCUT2D eigenvalue weighted by molar-refractivity contribution is 6.24. The van der Waals surface area contributed by atoms with Crippen LogP contribution < -0.4 is 0 Å². The molecule has 0 fully saturated rings. The van der Waals surface area contributed by atoms with Crippen LogP contribution in [-0.2, 0) is 5.41 Å². The third-order valence-electron chi connectivity index (χ3n) is 22.9. The highest BCUT2D eigenvalue weighted by atomic mass is 16.3. The van der Waals surface area contributed by atoms with Crippen molar-refractivity contribution in [3.05, 3.63) is 307 Å². The Kier molecular flexibility index (Phi) is 17.7. The van der Waals surface area contributed by atoms with E-state index in [-0.39, 0.29) is 5.41 Å². The lowest BCUT2D eigenvalue weighted by atomic mass is 9.70. The number of benzene rings is 13. The van der Waals surface area contributed by atoms with Crippen LogP contribution in [0, 0.1) is 13.8 Å². The Hall–Kier alpha value is -11.7. The number of fused-ring (bicyclic) bond motifs is 13. The van der Waals surface area contributed by atoms with Crippen molar-refractivity contribution in [1.82, 2.24) is 24.1 Å². The van der Waals surface area contributed by atoms with Crippen molar-refractivity contribution in [3.63, 3.8) is 0 Å². The van der Waals surface area contributed by atoms with Crippen LogP contribution in [0.2, 0.25) is 0 Å². The van der Waals surface area contributed by atoms with Crippen LogP contribution in [0.5, 0.6) is 0 Å². The average Bonchev–Trinajstić information content (AvgIpc) is 1.58. The second-order valence-corrected chi connectivity index (χ2v) is 29.8. The van der Waals surface area contributed by atoms with Crippen molar-refractivity contribution in [1.29, 1.82) is 0 Å². The molecule has 0 saturated carbocycles. The molecule has 17 aromatic rings. The first-order chi connectivity index (χ1) is 52.2. The van der Waals surface area contributed by atoms with Crippen LogP contribution >= 0.6 is 0 Å². The molecule has 0 spiro atoms. The van der Waals surface area contributed by atoms with Gasteiger partial charge >= 0.3 is 0 Å². The molecule has 4 heterocycles. The molecule has 6 nitrogen and oxygen atoms in total. The van der Waals surface area contributed by atoms with Crippen molar-refractivity contribution in [2.45, 2.75) is 123 Å². The van der Waals surface area contributed by atoms with E-state index < -0.39 is 0 Å². The summed E-state index contributed by atoms with van der Waals surface area (Å²) < 4.78 is 11.9. The summed E-state index contributed by atoms with van der Waals surface area (Å²) in [5, 5.41) is 6.85. The predicted molar refractivity (Wildman–Crippen MR) is 446 cm³/mol. The number of aromatic nitrogens is 5. The van der Waals surface area contributed by atoms with Gasteiger partial charge in [0.25, 0.3) is 0 Å². The Bertz CT molecular complexity index is 6060. The van der Waals surface area contributed by atoms with Crippen LogP contribution in [-0.4, -0.2) is 24.1 Å². The molecule has 4 aromatic heterocycles. The van der Waals surface area contributed by atoms with Gasteiger partial charge in [0.1, 0.15) is 11.2 Å². The fourth-order valence-electron chi connectivity index (χ4n) is 17.5. The van der Waals surface area contributed by atoms with Crippen LogP contribution in [0.1, 0.15) is 126 Å². The first-order valence-corrected chi connectivity index (χ1v) is 38.7. The van der Waals surface area contributed by atoms with Crippen molar-refractivity contribution in [3.8, 4) is 101 Å². The molecular formula is C100H87N5O. The standard InChI is InChI=1S/C100H87N5O/c1-5-7-9-11-13-25-56-100(57-26-14-12-10-8-6-2)88-64-75(70-44-42-69(43-45-70)68-40-38-66(3)39-41-68)46-50-81(88)82-51-47-76(65-89(82)100)78-58-67(4)59-80(61-78)105-92-54-49-74(63-87(92)95-93(105)55-52-85-84-35-22-24-37-94(84)106-96(85)95)73-48-53-91-86(62-73)83-34-21-23-36-90(83)104(91)79-33-27-32-77(60-79)99-102-97(71-28-17-15-18-29-71)101-98(103-99)72-30-19-16-20-31-72/h15-24,27-55,58-65H,5-14,25-26,56-57H2,1-4H3. The second-order valence-electron chi connectivity index (χ2n) is 29.8. The fourth-order valence-corrected chi connectivity index (χ4v) is 17.5. The minimum atomic E-state index is -0.115. The number of furan rings is 1. The van der Waals surface area contributed by atoms with Crippen LogP contribution in [0.3, 0.4) is 0 Å². The van der Waals surface area contributed by atoms with E-state index in [0.29, 0.717) is 17.5 Å². The Balaban J connectivity index is 0.742. The maximum atomic E-state index is 7.05.